The third kappa shape index (κ3) is 4.40. The number of nitrogens with two attached hydrogens (primary N) is 1. The van der Waals surface area contributed by atoms with Crippen LogP contribution in [0.3, 0.4) is 0 Å². The van der Waals surface area contributed by atoms with Gasteiger partial charge in [0.1, 0.15) is 5.69 Å². The average molecular weight is 251 g/mol. The second-order valence-electron chi connectivity index (χ2n) is 4.03. The molecule has 0 spiro atoms. The molecular formula is C12H17N3O3. The molecule has 1 unspecified atom stereocenters. The summed E-state index contributed by atoms with van der Waals surface area (Å²) in [5.74, 6) is -1.31. The van der Waals surface area contributed by atoms with Crippen molar-refractivity contribution in [1.82, 2.24) is 10.3 Å². The van der Waals surface area contributed by atoms with Gasteiger partial charge in [-0.2, -0.15) is 0 Å². The van der Waals surface area contributed by atoms with Gasteiger partial charge in [0.2, 0.25) is 0 Å². The van der Waals surface area contributed by atoms with Crippen molar-refractivity contribution < 1.29 is 14.7 Å². The number of nitrogens with one attached hydrogen (secondary N) is 1. The summed E-state index contributed by atoms with van der Waals surface area (Å²) in [6, 6.07) is 2.71. The fraction of sp³-hybridized carbons (Fsp3) is 0.417. The molecular weight excluding hydrogens is 234 g/mol. The molecule has 0 saturated heterocycles. The van der Waals surface area contributed by atoms with Crippen LogP contribution in [0.4, 0.5) is 5.69 Å². The van der Waals surface area contributed by atoms with Gasteiger partial charge in [0, 0.05) is 6.04 Å². The van der Waals surface area contributed by atoms with E-state index < -0.39 is 5.97 Å². The minimum absolute atomic E-state index is 0.0887. The highest BCUT2D eigenvalue weighted by molar-refractivity contribution is 5.92. The van der Waals surface area contributed by atoms with Crippen molar-refractivity contribution in [3.63, 3.8) is 0 Å². The highest BCUT2D eigenvalue weighted by atomic mass is 16.4. The van der Waals surface area contributed by atoms with Crippen LogP contribution in [0.15, 0.2) is 18.3 Å². The van der Waals surface area contributed by atoms with Gasteiger partial charge in [0.25, 0.3) is 5.91 Å². The van der Waals surface area contributed by atoms with Crippen LogP contribution < -0.4 is 11.1 Å². The average Bonchev–Trinajstić information content (AvgIpc) is 2.29. The minimum Gasteiger partial charge on any atom is -0.481 e. The minimum atomic E-state index is -0.931. The monoisotopic (exact) mass is 251 g/mol. The number of carbonyl (C=O) groups is 2. The molecule has 1 rings (SSSR count). The molecule has 0 aliphatic carbocycles. The summed E-state index contributed by atoms with van der Waals surface area (Å²) < 4.78 is 0. The Kier molecular flexibility index (Phi) is 5.10. The molecule has 1 atom stereocenters. The van der Waals surface area contributed by atoms with E-state index in [-0.39, 0.29) is 24.1 Å². The SMILES string of the molecule is CCCC(CC(=O)O)NC(=O)c1ccc(N)cn1. The molecule has 6 nitrogen and oxygen atoms in total. The van der Waals surface area contributed by atoms with Crippen LogP contribution in [0.2, 0.25) is 0 Å². The van der Waals surface area contributed by atoms with Crippen molar-refractivity contribution in [1.29, 1.82) is 0 Å². The van der Waals surface area contributed by atoms with Crippen molar-refractivity contribution >= 4 is 17.6 Å². The van der Waals surface area contributed by atoms with E-state index >= 15 is 0 Å². The number of aromatic nitrogens is 1. The number of anilines is 1. The summed E-state index contributed by atoms with van der Waals surface area (Å²) in [6.45, 7) is 1.93. The number of hydrogen-bond donors (Lipinski definition) is 3. The van der Waals surface area contributed by atoms with Gasteiger partial charge < -0.3 is 16.2 Å². The summed E-state index contributed by atoms with van der Waals surface area (Å²) in [5, 5.41) is 11.4. The van der Waals surface area contributed by atoms with Crippen molar-refractivity contribution in [3.8, 4) is 0 Å². The van der Waals surface area contributed by atoms with Gasteiger partial charge in [-0.05, 0) is 18.6 Å². The first kappa shape index (κ1) is 14.0. The predicted molar refractivity (Wildman–Crippen MR) is 67.1 cm³/mol. The zero-order valence-electron chi connectivity index (χ0n) is 10.2. The topological polar surface area (TPSA) is 105 Å². The summed E-state index contributed by atoms with van der Waals surface area (Å²) in [7, 11) is 0. The van der Waals surface area contributed by atoms with E-state index in [9.17, 15) is 9.59 Å². The zero-order chi connectivity index (χ0) is 13.5. The molecule has 4 N–H and O–H groups in total. The van der Waals surface area contributed by atoms with E-state index in [0.29, 0.717) is 12.1 Å². The van der Waals surface area contributed by atoms with Crippen LogP contribution in [0.25, 0.3) is 0 Å². The molecule has 0 radical (unpaired) electrons. The number of carboxylic acids is 1. The molecule has 1 heterocycles. The summed E-state index contributed by atoms with van der Waals surface area (Å²) >= 11 is 0. The van der Waals surface area contributed by atoms with Crippen LogP contribution in [-0.4, -0.2) is 28.0 Å². The van der Waals surface area contributed by atoms with Crippen molar-refractivity contribution in [2.24, 2.45) is 0 Å². The fourth-order valence-corrected chi connectivity index (χ4v) is 1.58. The van der Waals surface area contributed by atoms with Gasteiger partial charge in [-0.15, -0.1) is 0 Å². The number of hydrogen-bond acceptors (Lipinski definition) is 4. The van der Waals surface area contributed by atoms with Gasteiger partial charge in [-0.25, -0.2) is 4.98 Å². The summed E-state index contributed by atoms with van der Waals surface area (Å²) in [6.07, 6.45) is 2.72. The van der Waals surface area contributed by atoms with Crippen molar-refractivity contribution in [3.05, 3.63) is 24.0 Å². The lowest BCUT2D eigenvalue weighted by Gasteiger charge is -2.15. The van der Waals surface area contributed by atoms with Gasteiger partial charge in [-0.1, -0.05) is 13.3 Å². The number of rotatable bonds is 6. The zero-order valence-corrected chi connectivity index (χ0v) is 10.2. The number of aliphatic carboxylic acids is 1. The maximum absolute atomic E-state index is 11.8. The fourth-order valence-electron chi connectivity index (χ4n) is 1.58. The second-order valence-corrected chi connectivity index (χ2v) is 4.03. The van der Waals surface area contributed by atoms with E-state index in [1.165, 1.54) is 12.3 Å². The number of amides is 1. The normalized spacial score (nSPS) is 11.8. The first-order valence-corrected chi connectivity index (χ1v) is 5.77. The molecule has 0 saturated carbocycles. The van der Waals surface area contributed by atoms with Crippen molar-refractivity contribution in [2.45, 2.75) is 32.2 Å². The maximum atomic E-state index is 11.8. The van der Waals surface area contributed by atoms with E-state index in [4.69, 9.17) is 10.8 Å². The predicted octanol–water partition coefficient (Wildman–Crippen LogP) is 1.04. The maximum Gasteiger partial charge on any atom is 0.305 e. The number of pyridine rings is 1. The van der Waals surface area contributed by atoms with E-state index in [1.54, 1.807) is 6.07 Å². The summed E-state index contributed by atoms with van der Waals surface area (Å²) in [4.78, 5) is 26.4. The lowest BCUT2D eigenvalue weighted by atomic mass is 10.1. The van der Waals surface area contributed by atoms with E-state index in [2.05, 4.69) is 10.3 Å². The largest absolute Gasteiger partial charge is 0.481 e. The number of nitrogens with zero attached hydrogens (tertiary/aromatic N) is 1. The molecule has 18 heavy (non-hydrogen) atoms. The molecule has 6 heteroatoms. The number of nitrogen functional groups attached to an aromatic ring is 1. The molecule has 1 amide bonds. The third-order valence-corrected chi connectivity index (χ3v) is 2.41. The van der Waals surface area contributed by atoms with Crippen LogP contribution in [0.1, 0.15) is 36.7 Å². The molecule has 0 aliphatic heterocycles. The number of carbonyl (C=O) groups excluding carboxylic acids is 1. The quantitative estimate of drug-likeness (QED) is 0.700. The van der Waals surface area contributed by atoms with E-state index in [1.807, 2.05) is 6.92 Å². The molecule has 1 aromatic heterocycles. The lowest BCUT2D eigenvalue weighted by molar-refractivity contribution is -0.137. The highest BCUT2D eigenvalue weighted by Gasteiger charge is 2.16. The first-order chi connectivity index (χ1) is 8.52. The Balaban J connectivity index is 2.65. The smallest absolute Gasteiger partial charge is 0.305 e. The van der Waals surface area contributed by atoms with Crippen LogP contribution in [-0.2, 0) is 4.79 Å². The second kappa shape index (κ2) is 6.58. The Morgan fingerprint density at radius 1 is 1.50 bits per heavy atom. The molecule has 0 aromatic carbocycles. The van der Waals surface area contributed by atoms with Gasteiger partial charge >= 0.3 is 5.97 Å². The van der Waals surface area contributed by atoms with Gasteiger partial charge in [0.15, 0.2) is 0 Å². The molecule has 98 valence electrons. The number of carboxylic acid groups (broad SMARTS) is 1. The lowest BCUT2D eigenvalue weighted by Crippen LogP contribution is -2.36. The summed E-state index contributed by atoms with van der Waals surface area (Å²) in [5.41, 5.74) is 6.18. The van der Waals surface area contributed by atoms with Gasteiger partial charge in [0.05, 0.1) is 18.3 Å². The Morgan fingerprint density at radius 3 is 2.72 bits per heavy atom. The first-order valence-electron chi connectivity index (χ1n) is 5.77. The molecule has 0 fully saturated rings. The molecule has 1 aromatic rings. The van der Waals surface area contributed by atoms with E-state index in [0.717, 1.165) is 6.42 Å². The Morgan fingerprint density at radius 2 is 2.22 bits per heavy atom. The van der Waals surface area contributed by atoms with Crippen LogP contribution in [0, 0.1) is 0 Å². The standard InChI is InChI=1S/C12H17N3O3/c1-2-3-9(6-11(16)17)15-12(18)10-5-4-8(13)7-14-10/h4-5,7,9H,2-3,6,13H2,1H3,(H,15,18)(H,16,17). The van der Waals surface area contributed by atoms with Crippen LogP contribution >= 0.6 is 0 Å². The van der Waals surface area contributed by atoms with Crippen molar-refractivity contribution in [2.75, 3.05) is 5.73 Å². The highest BCUT2D eigenvalue weighted by Crippen LogP contribution is 2.05. The van der Waals surface area contributed by atoms with Crippen LogP contribution in [0.5, 0.6) is 0 Å². The Bertz CT molecular complexity index is 417. The Labute approximate surface area is 105 Å². The van der Waals surface area contributed by atoms with Gasteiger partial charge in [-0.3, -0.25) is 9.59 Å². The Hall–Kier alpha value is -2.11. The third-order valence-electron chi connectivity index (χ3n) is 2.41. The molecule has 0 aliphatic rings. The molecule has 0 bridgehead atoms.